The molecule has 0 unspecified atom stereocenters. The van der Waals surface area contributed by atoms with E-state index in [9.17, 15) is 26.3 Å². The first-order chi connectivity index (χ1) is 18.1. The number of pyridine rings is 2. The summed E-state index contributed by atoms with van der Waals surface area (Å²) in [6, 6.07) is 8.77. The van der Waals surface area contributed by atoms with Gasteiger partial charge in [0.15, 0.2) is 0 Å². The number of morpholine rings is 1. The van der Waals surface area contributed by atoms with Crippen molar-refractivity contribution in [3.05, 3.63) is 71.9 Å². The topological polar surface area (TPSA) is 76.1 Å². The van der Waals surface area contributed by atoms with Crippen LogP contribution in [0.2, 0.25) is 0 Å². The summed E-state index contributed by atoms with van der Waals surface area (Å²) in [6.07, 6.45) is -6.86. The summed E-state index contributed by atoms with van der Waals surface area (Å²) < 4.78 is 85.0. The molecule has 13 heteroatoms. The zero-order valence-electron chi connectivity index (χ0n) is 19.6. The second kappa shape index (κ2) is 10.1. The molecule has 0 radical (unpaired) electrons. The van der Waals surface area contributed by atoms with Crippen LogP contribution in [0.1, 0.15) is 17.1 Å². The Morgan fingerprint density at radius 3 is 2.37 bits per heavy atom. The van der Waals surface area contributed by atoms with Crippen LogP contribution in [0.3, 0.4) is 0 Å². The fourth-order valence-electron chi connectivity index (χ4n) is 4.09. The summed E-state index contributed by atoms with van der Waals surface area (Å²) in [5.41, 5.74) is -1.34. The van der Waals surface area contributed by atoms with Gasteiger partial charge in [-0.05, 0) is 36.4 Å². The van der Waals surface area contributed by atoms with E-state index >= 15 is 0 Å². The lowest BCUT2D eigenvalue weighted by Crippen LogP contribution is -2.36. The summed E-state index contributed by atoms with van der Waals surface area (Å²) in [5, 5.41) is 3.44. The molecule has 0 amide bonds. The second-order valence-electron chi connectivity index (χ2n) is 8.56. The van der Waals surface area contributed by atoms with Gasteiger partial charge >= 0.3 is 12.4 Å². The zero-order chi connectivity index (χ0) is 26.9. The molecule has 1 aliphatic rings. The Bertz CT molecular complexity index is 1440. The molecule has 3 aromatic heterocycles. The summed E-state index contributed by atoms with van der Waals surface area (Å²) in [6.45, 7) is 2.73. The molecule has 4 heterocycles. The first kappa shape index (κ1) is 25.8. The highest BCUT2D eigenvalue weighted by molar-refractivity contribution is 5.93. The fraction of sp³-hybridized carbons (Fsp3) is 0.280. The van der Waals surface area contributed by atoms with Gasteiger partial charge < -0.3 is 10.1 Å². The van der Waals surface area contributed by atoms with Crippen LogP contribution in [-0.4, -0.2) is 51.1 Å². The molecule has 7 nitrogen and oxygen atoms in total. The van der Waals surface area contributed by atoms with Gasteiger partial charge in [0.25, 0.3) is 0 Å². The van der Waals surface area contributed by atoms with E-state index in [4.69, 9.17) is 4.74 Å². The second-order valence-corrected chi connectivity index (χ2v) is 8.56. The van der Waals surface area contributed by atoms with Crippen molar-refractivity contribution in [1.29, 1.82) is 0 Å². The highest BCUT2D eigenvalue weighted by Crippen LogP contribution is 2.37. The molecule has 1 aromatic carbocycles. The summed E-state index contributed by atoms with van der Waals surface area (Å²) >= 11 is 0. The molecule has 0 bridgehead atoms. The van der Waals surface area contributed by atoms with Gasteiger partial charge in [-0.3, -0.25) is 9.88 Å². The SMILES string of the molecule is FC(F)(F)c1ccc(Nc2nc(CN3CCOCC3)nc3cc(-c4ncccc4C(F)(F)F)ccc23)cn1. The number of rotatable bonds is 5. The standard InChI is InChI=1S/C25H20F6N6O/c26-24(27,28)18-2-1-7-32-22(18)15-3-5-17-19(12-15)35-21(14-37-8-10-38-11-9-37)36-23(17)34-16-4-6-20(33-13-16)25(29,30)31/h1-7,12-13H,8-11,14H2,(H,34,35,36). The predicted octanol–water partition coefficient (Wildman–Crippen LogP) is 5.70. The minimum atomic E-state index is -4.60. The van der Waals surface area contributed by atoms with Crippen molar-refractivity contribution in [3.8, 4) is 11.3 Å². The van der Waals surface area contributed by atoms with Gasteiger partial charge in [-0.2, -0.15) is 26.3 Å². The lowest BCUT2D eigenvalue weighted by molar-refractivity contribution is -0.141. The number of nitrogens with zero attached hydrogens (tertiary/aromatic N) is 5. The number of hydrogen-bond donors (Lipinski definition) is 1. The molecule has 0 saturated carbocycles. The van der Waals surface area contributed by atoms with E-state index in [1.54, 1.807) is 6.07 Å². The molecule has 4 aromatic rings. The quantitative estimate of drug-likeness (QED) is 0.329. The molecule has 5 rings (SSSR count). The lowest BCUT2D eigenvalue weighted by Gasteiger charge is -2.26. The summed E-state index contributed by atoms with van der Waals surface area (Å²) in [4.78, 5) is 18.6. The average Bonchev–Trinajstić information content (AvgIpc) is 2.88. The van der Waals surface area contributed by atoms with Gasteiger partial charge in [-0.15, -0.1) is 0 Å². The van der Waals surface area contributed by atoms with Gasteiger partial charge in [0.1, 0.15) is 17.3 Å². The number of ether oxygens (including phenoxy) is 1. The van der Waals surface area contributed by atoms with Gasteiger partial charge in [0.05, 0.1) is 48.4 Å². The van der Waals surface area contributed by atoms with Gasteiger partial charge in [-0.1, -0.05) is 6.07 Å². The number of halogens is 6. The van der Waals surface area contributed by atoms with Crippen molar-refractivity contribution < 1.29 is 31.1 Å². The zero-order valence-corrected chi connectivity index (χ0v) is 19.6. The largest absolute Gasteiger partial charge is 0.433 e. The summed E-state index contributed by atoms with van der Waals surface area (Å²) in [5.74, 6) is 0.666. The fourth-order valence-corrected chi connectivity index (χ4v) is 4.09. The predicted molar refractivity (Wildman–Crippen MR) is 126 cm³/mol. The first-order valence-corrected chi connectivity index (χ1v) is 11.5. The Morgan fingerprint density at radius 1 is 0.895 bits per heavy atom. The molecular formula is C25H20F6N6O. The number of aromatic nitrogens is 4. The monoisotopic (exact) mass is 534 g/mol. The van der Waals surface area contributed by atoms with Crippen LogP contribution in [0, 0.1) is 0 Å². The molecule has 0 atom stereocenters. The highest BCUT2D eigenvalue weighted by Gasteiger charge is 2.34. The van der Waals surface area contributed by atoms with Crippen molar-refractivity contribution >= 4 is 22.4 Å². The van der Waals surface area contributed by atoms with Crippen LogP contribution in [-0.2, 0) is 23.6 Å². The van der Waals surface area contributed by atoms with Crippen LogP contribution >= 0.6 is 0 Å². The van der Waals surface area contributed by atoms with Crippen molar-refractivity contribution in [3.63, 3.8) is 0 Å². The van der Waals surface area contributed by atoms with Crippen molar-refractivity contribution in [2.75, 3.05) is 31.6 Å². The van der Waals surface area contributed by atoms with Crippen molar-refractivity contribution in [2.24, 2.45) is 0 Å². The molecule has 1 fully saturated rings. The van der Waals surface area contributed by atoms with Gasteiger partial charge in [0.2, 0.25) is 0 Å². The molecular weight excluding hydrogens is 514 g/mol. The lowest BCUT2D eigenvalue weighted by atomic mass is 10.0. The van der Waals surface area contributed by atoms with E-state index in [0.29, 0.717) is 49.6 Å². The molecule has 1 aliphatic heterocycles. The maximum Gasteiger partial charge on any atom is 0.433 e. The molecule has 198 valence electrons. The number of nitrogens with one attached hydrogen (secondary N) is 1. The Hall–Kier alpha value is -3.84. The first-order valence-electron chi connectivity index (χ1n) is 11.5. The average molecular weight is 534 g/mol. The summed E-state index contributed by atoms with van der Waals surface area (Å²) in [7, 11) is 0. The number of anilines is 2. The minimum Gasteiger partial charge on any atom is -0.379 e. The van der Waals surface area contributed by atoms with Crippen LogP contribution in [0.4, 0.5) is 37.8 Å². The van der Waals surface area contributed by atoms with Crippen LogP contribution < -0.4 is 5.32 Å². The Labute approximate surface area is 212 Å². The number of benzene rings is 1. The maximum atomic E-state index is 13.6. The minimum absolute atomic E-state index is 0.212. The third-order valence-electron chi connectivity index (χ3n) is 5.92. The molecule has 38 heavy (non-hydrogen) atoms. The molecule has 0 aliphatic carbocycles. The van der Waals surface area contributed by atoms with Crippen molar-refractivity contribution in [1.82, 2.24) is 24.8 Å². The van der Waals surface area contributed by atoms with E-state index in [-0.39, 0.29) is 22.8 Å². The number of alkyl halides is 6. The third kappa shape index (κ3) is 5.68. The van der Waals surface area contributed by atoms with E-state index < -0.39 is 23.6 Å². The van der Waals surface area contributed by atoms with Crippen LogP contribution in [0.25, 0.3) is 22.2 Å². The molecule has 0 spiro atoms. The Balaban J connectivity index is 1.57. The maximum absolute atomic E-state index is 13.6. The Morgan fingerprint density at radius 2 is 1.68 bits per heavy atom. The Kier molecular flexibility index (Phi) is 6.88. The molecule has 1 N–H and O–H groups in total. The van der Waals surface area contributed by atoms with E-state index in [2.05, 4.69) is 30.2 Å². The van der Waals surface area contributed by atoms with E-state index in [0.717, 1.165) is 18.3 Å². The third-order valence-corrected chi connectivity index (χ3v) is 5.92. The number of hydrogen-bond acceptors (Lipinski definition) is 7. The number of fused-ring (bicyclic) bond motifs is 1. The normalized spacial score (nSPS) is 15.1. The van der Waals surface area contributed by atoms with Crippen LogP contribution in [0.5, 0.6) is 0 Å². The van der Waals surface area contributed by atoms with E-state index in [1.165, 1.54) is 30.5 Å². The van der Waals surface area contributed by atoms with Gasteiger partial charge in [-0.25, -0.2) is 15.0 Å². The molecule has 1 saturated heterocycles. The van der Waals surface area contributed by atoms with E-state index in [1.807, 2.05) is 0 Å². The van der Waals surface area contributed by atoms with Crippen molar-refractivity contribution in [2.45, 2.75) is 18.9 Å². The highest BCUT2D eigenvalue weighted by atomic mass is 19.4. The smallest absolute Gasteiger partial charge is 0.379 e. The van der Waals surface area contributed by atoms with Crippen LogP contribution in [0.15, 0.2) is 54.9 Å². The van der Waals surface area contributed by atoms with Gasteiger partial charge in [0, 0.05) is 30.2 Å².